The van der Waals surface area contributed by atoms with Gasteiger partial charge in [-0.15, -0.1) is 11.6 Å². The first-order chi connectivity index (χ1) is 6.67. The van der Waals surface area contributed by atoms with Crippen molar-refractivity contribution < 1.29 is 4.74 Å². The Hall–Kier alpha value is 0.270. The fourth-order valence-corrected chi connectivity index (χ4v) is 2.68. The quantitative estimate of drug-likeness (QED) is 0.743. The summed E-state index contributed by atoms with van der Waals surface area (Å²) in [5, 5.41) is 0. The van der Waals surface area contributed by atoms with E-state index in [4.69, 9.17) is 16.3 Å². The van der Waals surface area contributed by atoms with Gasteiger partial charge in [0.1, 0.15) is 11.4 Å². The van der Waals surface area contributed by atoms with Crippen molar-refractivity contribution in [1.29, 1.82) is 0 Å². The highest BCUT2D eigenvalue weighted by atomic mass is 79.9. The van der Waals surface area contributed by atoms with Crippen molar-refractivity contribution in [2.24, 2.45) is 0 Å². The fourth-order valence-electron chi connectivity index (χ4n) is 1.20. The molecule has 0 spiro atoms. The highest BCUT2D eigenvalue weighted by Crippen LogP contribution is 2.45. The summed E-state index contributed by atoms with van der Waals surface area (Å²) in [6.45, 7) is 0. The van der Waals surface area contributed by atoms with Crippen molar-refractivity contribution >= 4 is 43.5 Å². The first kappa shape index (κ1) is 10.8. The van der Waals surface area contributed by atoms with Crippen LogP contribution in [0.5, 0.6) is 5.75 Å². The maximum Gasteiger partial charge on any atom is 0.148 e. The van der Waals surface area contributed by atoms with Gasteiger partial charge < -0.3 is 4.74 Å². The Morgan fingerprint density at radius 2 is 1.86 bits per heavy atom. The molecule has 0 aromatic heterocycles. The predicted octanol–water partition coefficient (Wildman–Crippen LogP) is 4.36. The third-order valence-electron chi connectivity index (χ3n) is 2.29. The number of hydrogen-bond donors (Lipinski definition) is 0. The van der Waals surface area contributed by atoms with Crippen molar-refractivity contribution in [3.05, 3.63) is 27.1 Å². The zero-order chi connectivity index (χ0) is 10.2. The van der Waals surface area contributed by atoms with E-state index in [1.165, 1.54) is 0 Å². The maximum atomic E-state index is 5.90. The van der Waals surface area contributed by atoms with Crippen molar-refractivity contribution in [1.82, 2.24) is 0 Å². The molecule has 1 fully saturated rings. The molecule has 1 aromatic carbocycles. The van der Waals surface area contributed by atoms with Gasteiger partial charge in [-0.1, -0.05) is 6.07 Å². The van der Waals surface area contributed by atoms with E-state index in [1.54, 1.807) is 0 Å². The predicted molar refractivity (Wildman–Crippen MR) is 65.2 cm³/mol. The van der Waals surface area contributed by atoms with E-state index in [-0.39, 0.29) is 5.60 Å². The Bertz CT molecular complexity index is 330. The molecule has 1 nitrogen and oxygen atoms in total. The summed E-state index contributed by atoms with van der Waals surface area (Å²) >= 11 is 12.8. The maximum absolute atomic E-state index is 5.90. The molecular weight excluding hydrogens is 331 g/mol. The van der Waals surface area contributed by atoms with Crippen LogP contribution in [0.15, 0.2) is 27.1 Å². The molecule has 0 heterocycles. The third-order valence-corrected chi connectivity index (χ3v) is 4.02. The van der Waals surface area contributed by atoms with Crippen LogP contribution in [0, 0.1) is 0 Å². The Balaban J connectivity index is 2.24. The molecule has 14 heavy (non-hydrogen) atoms. The molecule has 4 heteroatoms. The van der Waals surface area contributed by atoms with Crippen molar-refractivity contribution in [3.63, 3.8) is 0 Å². The summed E-state index contributed by atoms with van der Waals surface area (Å²) in [4.78, 5) is 0. The molecule has 76 valence electrons. The summed E-state index contributed by atoms with van der Waals surface area (Å²) in [5.41, 5.74) is -0.117. The van der Waals surface area contributed by atoms with Crippen LogP contribution in [0.4, 0.5) is 0 Å². The summed E-state index contributed by atoms with van der Waals surface area (Å²) in [5.74, 6) is 1.41. The van der Waals surface area contributed by atoms with Gasteiger partial charge in [0.25, 0.3) is 0 Å². The molecule has 2 rings (SSSR count). The third kappa shape index (κ3) is 2.10. The average Bonchev–Trinajstić information content (AvgIpc) is 2.93. The number of halogens is 3. The first-order valence-corrected chi connectivity index (χ1v) is 6.48. The van der Waals surface area contributed by atoms with E-state index in [0.717, 1.165) is 27.5 Å². The van der Waals surface area contributed by atoms with Crippen molar-refractivity contribution in [2.45, 2.75) is 18.4 Å². The zero-order valence-electron chi connectivity index (χ0n) is 7.40. The van der Waals surface area contributed by atoms with Gasteiger partial charge in [0.05, 0.1) is 14.8 Å². The normalized spacial score (nSPS) is 17.9. The minimum Gasteiger partial charge on any atom is -0.484 e. The molecule has 0 N–H and O–H groups in total. The van der Waals surface area contributed by atoms with Crippen LogP contribution >= 0.6 is 43.5 Å². The average molecular weight is 340 g/mol. The van der Waals surface area contributed by atoms with Crippen LogP contribution in [0.25, 0.3) is 0 Å². The van der Waals surface area contributed by atoms with Crippen LogP contribution in [-0.4, -0.2) is 11.5 Å². The Morgan fingerprint density at radius 1 is 1.29 bits per heavy atom. The smallest absolute Gasteiger partial charge is 0.148 e. The number of ether oxygens (including phenoxy) is 1. The van der Waals surface area contributed by atoms with Crippen molar-refractivity contribution in [2.75, 3.05) is 5.88 Å². The summed E-state index contributed by atoms with van der Waals surface area (Å²) in [6, 6.07) is 5.89. The number of hydrogen-bond acceptors (Lipinski definition) is 1. The molecule has 1 aliphatic rings. The molecule has 0 amide bonds. The van der Waals surface area contributed by atoms with Crippen LogP contribution in [-0.2, 0) is 0 Å². The van der Waals surface area contributed by atoms with E-state index >= 15 is 0 Å². The molecule has 0 bridgehead atoms. The molecule has 0 saturated heterocycles. The molecule has 1 aliphatic carbocycles. The van der Waals surface area contributed by atoms with E-state index in [0.29, 0.717) is 5.88 Å². The fraction of sp³-hybridized carbons (Fsp3) is 0.400. The van der Waals surface area contributed by atoms with E-state index < -0.39 is 0 Å². The van der Waals surface area contributed by atoms with E-state index in [9.17, 15) is 0 Å². The molecule has 0 radical (unpaired) electrons. The summed E-state index contributed by atoms with van der Waals surface area (Å²) < 4.78 is 7.82. The second kappa shape index (κ2) is 4.03. The lowest BCUT2D eigenvalue weighted by atomic mass is 10.3. The Morgan fingerprint density at radius 3 is 2.29 bits per heavy atom. The molecular formula is C10H9Br2ClO. The summed E-state index contributed by atoms with van der Waals surface area (Å²) in [7, 11) is 0. The van der Waals surface area contributed by atoms with E-state index in [1.807, 2.05) is 18.2 Å². The van der Waals surface area contributed by atoms with Crippen LogP contribution in [0.1, 0.15) is 12.8 Å². The monoisotopic (exact) mass is 338 g/mol. The Labute approximate surface area is 105 Å². The highest BCUT2D eigenvalue weighted by molar-refractivity contribution is 9.11. The lowest BCUT2D eigenvalue weighted by Crippen LogP contribution is -2.20. The largest absolute Gasteiger partial charge is 0.484 e. The molecule has 0 aliphatic heterocycles. The topological polar surface area (TPSA) is 9.23 Å². The second-order valence-corrected chi connectivity index (χ2v) is 5.45. The van der Waals surface area contributed by atoms with Crippen LogP contribution in [0.3, 0.4) is 0 Å². The zero-order valence-corrected chi connectivity index (χ0v) is 11.3. The van der Waals surface area contributed by atoms with Gasteiger partial charge in [0.2, 0.25) is 0 Å². The van der Waals surface area contributed by atoms with Crippen LogP contribution < -0.4 is 4.74 Å². The number of benzene rings is 1. The van der Waals surface area contributed by atoms with Gasteiger partial charge in [0.15, 0.2) is 0 Å². The van der Waals surface area contributed by atoms with Gasteiger partial charge in [0, 0.05) is 0 Å². The minimum atomic E-state index is -0.117. The van der Waals surface area contributed by atoms with Gasteiger partial charge >= 0.3 is 0 Å². The van der Waals surface area contributed by atoms with E-state index in [2.05, 4.69) is 31.9 Å². The SMILES string of the molecule is ClCC1(Oc2c(Br)cccc2Br)CC1. The minimum absolute atomic E-state index is 0.117. The van der Waals surface area contributed by atoms with Gasteiger partial charge in [-0.25, -0.2) is 0 Å². The first-order valence-electron chi connectivity index (χ1n) is 4.36. The number of alkyl halides is 1. The number of para-hydroxylation sites is 1. The van der Waals surface area contributed by atoms with Gasteiger partial charge in [-0.3, -0.25) is 0 Å². The lowest BCUT2D eigenvalue weighted by Gasteiger charge is -2.17. The van der Waals surface area contributed by atoms with Crippen molar-refractivity contribution in [3.8, 4) is 5.75 Å². The number of rotatable bonds is 3. The lowest BCUT2D eigenvalue weighted by molar-refractivity contribution is 0.201. The molecule has 1 saturated carbocycles. The second-order valence-electron chi connectivity index (χ2n) is 3.47. The highest BCUT2D eigenvalue weighted by Gasteiger charge is 2.45. The molecule has 1 aromatic rings. The molecule has 0 atom stereocenters. The van der Waals surface area contributed by atoms with Gasteiger partial charge in [-0.2, -0.15) is 0 Å². The van der Waals surface area contributed by atoms with Gasteiger partial charge in [-0.05, 0) is 56.8 Å². The molecule has 0 unspecified atom stereocenters. The standard InChI is InChI=1S/C10H9Br2ClO/c11-7-2-1-3-8(12)9(7)14-10(6-13)4-5-10/h1-3H,4-6H2. The Kier molecular flexibility index (Phi) is 3.10. The summed E-state index contributed by atoms with van der Waals surface area (Å²) in [6.07, 6.45) is 2.09. The van der Waals surface area contributed by atoms with Crippen LogP contribution in [0.2, 0.25) is 0 Å².